The second kappa shape index (κ2) is 2.42. The van der Waals surface area contributed by atoms with Gasteiger partial charge in [0.15, 0.2) is 0 Å². The number of pyridine rings is 1. The lowest BCUT2D eigenvalue weighted by Gasteiger charge is -1.87. The quantitative estimate of drug-likeness (QED) is 0.581. The highest BCUT2D eigenvalue weighted by atomic mass is 35.5. The van der Waals surface area contributed by atoms with E-state index in [0.29, 0.717) is 5.02 Å². The molecule has 1 rings (SSSR count). The lowest BCUT2D eigenvalue weighted by Crippen LogP contribution is -2.02. The van der Waals surface area contributed by atoms with Crippen LogP contribution in [-0.4, -0.2) is 4.98 Å². The fourth-order valence-corrected chi connectivity index (χ4v) is 0.953. The van der Waals surface area contributed by atoms with Gasteiger partial charge in [-0.2, -0.15) is 0 Å². The fourth-order valence-electron chi connectivity index (χ4n) is 0.478. The molecule has 1 heterocycles. The van der Waals surface area contributed by atoms with Crippen LogP contribution in [0.4, 0.5) is 0 Å². The average Bonchev–Trinajstić information content (AvgIpc) is 1.59. The Kier molecular flexibility index (Phi) is 1.78. The molecule has 4 heteroatoms. The summed E-state index contributed by atoms with van der Waals surface area (Å²) >= 11 is 10.9. The highest BCUT2D eigenvalue weighted by molar-refractivity contribution is 6.33. The maximum atomic E-state index is 10.5. The molecular formula is C5H3Cl2NO. The molecule has 0 unspecified atom stereocenters. The smallest absolute Gasteiger partial charge is 0.250 e. The number of rotatable bonds is 0. The average molecular weight is 164 g/mol. The Morgan fingerprint density at radius 2 is 2.00 bits per heavy atom. The minimum Gasteiger partial charge on any atom is -0.313 e. The van der Waals surface area contributed by atoms with E-state index in [-0.39, 0.29) is 10.7 Å². The van der Waals surface area contributed by atoms with E-state index in [1.807, 2.05) is 0 Å². The summed E-state index contributed by atoms with van der Waals surface area (Å²) < 4.78 is 0. The summed E-state index contributed by atoms with van der Waals surface area (Å²) in [5.41, 5.74) is -0.285. The van der Waals surface area contributed by atoms with Gasteiger partial charge in [0.2, 0.25) is 0 Å². The van der Waals surface area contributed by atoms with Gasteiger partial charge in [-0.25, -0.2) is 0 Å². The second-order valence-corrected chi connectivity index (χ2v) is 2.35. The van der Waals surface area contributed by atoms with E-state index in [2.05, 4.69) is 4.98 Å². The minimum atomic E-state index is -0.285. The van der Waals surface area contributed by atoms with Crippen LogP contribution in [0.1, 0.15) is 0 Å². The van der Waals surface area contributed by atoms with Crippen LogP contribution in [-0.2, 0) is 0 Å². The molecule has 0 bridgehead atoms. The molecule has 48 valence electrons. The number of hydrogen-bond acceptors (Lipinski definition) is 1. The number of aromatic nitrogens is 1. The van der Waals surface area contributed by atoms with Crippen LogP contribution in [0.5, 0.6) is 0 Å². The molecule has 0 aromatic carbocycles. The Hall–Kier alpha value is -0.470. The SMILES string of the molecule is O=c1cc(Cl)cc(Cl)[nH]1. The molecule has 0 saturated heterocycles. The summed E-state index contributed by atoms with van der Waals surface area (Å²) in [4.78, 5) is 12.8. The van der Waals surface area contributed by atoms with E-state index < -0.39 is 0 Å². The van der Waals surface area contributed by atoms with Gasteiger partial charge < -0.3 is 4.98 Å². The first kappa shape index (κ1) is 6.65. The van der Waals surface area contributed by atoms with Gasteiger partial charge in [-0.05, 0) is 6.07 Å². The molecular weight excluding hydrogens is 161 g/mol. The topological polar surface area (TPSA) is 32.9 Å². The number of hydrogen-bond donors (Lipinski definition) is 1. The first-order valence-electron chi connectivity index (χ1n) is 2.24. The number of H-pyrrole nitrogens is 1. The van der Waals surface area contributed by atoms with Crippen LogP contribution in [0, 0.1) is 0 Å². The van der Waals surface area contributed by atoms with E-state index >= 15 is 0 Å². The van der Waals surface area contributed by atoms with Crippen molar-refractivity contribution in [2.24, 2.45) is 0 Å². The molecule has 0 atom stereocenters. The molecule has 0 aliphatic heterocycles. The van der Waals surface area contributed by atoms with E-state index in [1.54, 1.807) is 0 Å². The van der Waals surface area contributed by atoms with Gasteiger partial charge in [0.25, 0.3) is 5.56 Å². The molecule has 0 aliphatic carbocycles. The van der Waals surface area contributed by atoms with Crippen LogP contribution in [0.25, 0.3) is 0 Å². The van der Waals surface area contributed by atoms with Crippen molar-refractivity contribution in [1.29, 1.82) is 0 Å². The fraction of sp³-hybridized carbons (Fsp3) is 0. The molecule has 0 aliphatic rings. The molecule has 9 heavy (non-hydrogen) atoms. The number of halogens is 2. The Balaban J connectivity index is 3.33. The molecule has 1 aromatic rings. The molecule has 1 aromatic heterocycles. The lowest BCUT2D eigenvalue weighted by atomic mass is 10.5. The molecule has 2 nitrogen and oxygen atoms in total. The molecule has 1 N–H and O–H groups in total. The van der Waals surface area contributed by atoms with Crippen molar-refractivity contribution in [3.05, 3.63) is 32.7 Å². The highest BCUT2D eigenvalue weighted by Crippen LogP contribution is 2.08. The van der Waals surface area contributed by atoms with E-state index in [0.717, 1.165) is 0 Å². The van der Waals surface area contributed by atoms with Crippen molar-refractivity contribution in [3.8, 4) is 0 Å². The first-order valence-corrected chi connectivity index (χ1v) is 2.99. The highest BCUT2D eigenvalue weighted by Gasteiger charge is 1.90. The summed E-state index contributed by atoms with van der Waals surface area (Å²) in [5, 5.41) is 0.608. The third-order valence-electron chi connectivity index (χ3n) is 0.776. The lowest BCUT2D eigenvalue weighted by molar-refractivity contribution is 1.24. The van der Waals surface area contributed by atoms with Gasteiger partial charge in [-0.3, -0.25) is 4.79 Å². The summed E-state index contributed by atoms with van der Waals surface area (Å²) in [6.45, 7) is 0. The number of nitrogens with one attached hydrogen (secondary N) is 1. The van der Waals surface area contributed by atoms with Gasteiger partial charge in [0.1, 0.15) is 5.15 Å². The van der Waals surface area contributed by atoms with Crippen molar-refractivity contribution in [1.82, 2.24) is 4.98 Å². The third kappa shape index (κ3) is 1.73. The molecule has 0 spiro atoms. The van der Waals surface area contributed by atoms with Gasteiger partial charge in [-0.1, -0.05) is 23.2 Å². The van der Waals surface area contributed by atoms with Crippen LogP contribution in [0.3, 0.4) is 0 Å². The zero-order valence-corrected chi connectivity index (χ0v) is 5.83. The van der Waals surface area contributed by atoms with Gasteiger partial charge >= 0.3 is 0 Å². The van der Waals surface area contributed by atoms with Crippen LogP contribution in [0.15, 0.2) is 16.9 Å². The van der Waals surface area contributed by atoms with Crippen molar-refractivity contribution in [3.63, 3.8) is 0 Å². The standard InChI is InChI=1S/C5H3Cl2NO/c6-3-1-4(7)8-5(9)2-3/h1-2H,(H,8,9). The van der Waals surface area contributed by atoms with E-state index in [4.69, 9.17) is 23.2 Å². The van der Waals surface area contributed by atoms with Gasteiger partial charge in [0, 0.05) is 11.1 Å². The maximum absolute atomic E-state index is 10.5. The third-order valence-corrected chi connectivity index (χ3v) is 1.20. The van der Waals surface area contributed by atoms with E-state index in [1.165, 1.54) is 12.1 Å². The summed E-state index contributed by atoms with van der Waals surface area (Å²) in [6.07, 6.45) is 0. The van der Waals surface area contributed by atoms with Crippen molar-refractivity contribution >= 4 is 23.2 Å². The first-order chi connectivity index (χ1) is 4.18. The van der Waals surface area contributed by atoms with Crippen molar-refractivity contribution in [2.45, 2.75) is 0 Å². The summed E-state index contributed by atoms with van der Waals surface area (Å²) in [5.74, 6) is 0. The molecule has 0 saturated carbocycles. The predicted molar refractivity (Wildman–Crippen MR) is 37.1 cm³/mol. The Bertz CT molecular complexity index is 245. The zero-order chi connectivity index (χ0) is 6.85. The van der Waals surface area contributed by atoms with Gasteiger partial charge in [-0.15, -0.1) is 0 Å². The van der Waals surface area contributed by atoms with Crippen LogP contribution < -0.4 is 5.56 Å². The predicted octanol–water partition coefficient (Wildman–Crippen LogP) is 1.68. The Morgan fingerprint density at radius 1 is 1.33 bits per heavy atom. The number of aromatic amines is 1. The Labute approximate surface area is 61.4 Å². The van der Waals surface area contributed by atoms with Gasteiger partial charge in [0.05, 0.1) is 0 Å². The van der Waals surface area contributed by atoms with Crippen molar-refractivity contribution < 1.29 is 0 Å². The Morgan fingerprint density at radius 3 is 2.44 bits per heavy atom. The van der Waals surface area contributed by atoms with Crippen molar-refractivity contribution in [2.75, 3.05) is 0 Å². The monoisotopic (exact) mass is 163 g/mol. The van der Waals surface area contributed by atoms with E-state index in [9.17, 15) is 4.79 Å². The maximum Gasteiger partial charge on any atom is 0.250 e. The molecule has 0 radical (unpaired) electrons. The summed E-state index contributed by atoms with van der Waals surface area (Å²) in [7, 11) is 0. The molecule has 0 amide bonds. The van der Waals surface area contributed by atoms with Crippen LogP contribution >= 0.6 is 23.2 Å². The van der Waals surface area contributed by atoms with Crippen LogP contribution in [0.2, 0.25) is 10.2 Å². The second-order valence-electron chi connectivity index (χ2n) is 1.51. The summed E-state index contributed by atoms with van der Waals surface area (Å²) in [6, 6.07) is 2.72. The largest absolute Gasteiger partial charge is 0.313 e. The minimum absolute atomic E-state index is 0.257. The zero-order valence-electron chi connectivity index (χ0n) is 4.32. The normalized spacial score (nSPS) is 9.56. The molecule has 0 fully saturated rings.